The van der Waals surface area contributed by atoms with Crippen LogP contribution in [-0.2, 0) is 11.2 Å². The van der Waals surface area contributed by atoms with E-state index < -0.39 is 0 Å². The Kier molecular flexibility index (Phi) is 6.24. The molecular weight excluding hydrogens is 386 g/mol. The zero-order valence-corrected chi connectivity index (χ0v) is 17.8. The number of aromatic nitrogens is 3. The van der Waals surface area contributed by atoms with E-state index in [4.69, 9.17) is 0 Å². The monoisotopic (exact) mass is 411 g/mol. The van der Waals surface area contributed by atoms with E-state index in [-0.39, 0.29) is 23.6 Å². The zero-order chi connectivity index (χ0) is 21.0. The molecule has 0 atom stereocenters. The molecule has 0 unspecified atom stereocenters. The molecule has 3 N–H and O–H groups in total. The Balaban J connectivity index is 1.89. The van der Waals surface area contributed by atoms with Gasteiger partial charge in [-0.15, -0.1) is 11.3 Å². The predicted octanol–water partition coefficient (Wildman–Crippen LogP) is 3.45. The summed E-state index contributed by atoms with van der Waals surface area (Å²) in [4.78, 5) is 36.5. The van der Waals surface area contributed by atoms with E-state index in [1.165, 1.54) is 11.3 Å². The van der Waals surface area contributed by atoms with Crippen LogP contribution in [0.3, 0.4) is 0 Å². The highest BCUT2D eigenvalue weighted by Crippen LogP contribution is 2.28. The van der Waals surface area contributed by atoms with Crippen LogP contribution in [0.1, 0.15) is 33.4 Å². The van der Waals surface area contributed by atoms with Gasteiger partial charge in [-0.05, 0) is 45.4 Å². The number of H-pyrrole nitrogens is 1. The number of aryl methyl sites for hydroxylation is 1. The molecule has 152 valence electrons. The largest absolute Gasteiger partial charge is 0.324 e. The Bertz CT molecular complexity index is 1050. The van der Waals surface area contributed by atoms with Crippen molar-refractivity contribution in [3.63, 3.8) is 0 Å². The molecule has 0 aliphatic heterocycles. The van der Waals surface area contributed by atoms with Crippen molar-refractivity contribution < 1.29 is 4.79 Å². The number of hydrogen-bond acceptors (Lipinski definition) is 6. The molecule has 0 fully saturated rings. The van der Waals surface area contributed by atoms with Crippen LogP contribution in [0.15, 0.2) is 40.8 Å². The molecule has 0 aliphatic rings. The second kappa shape index (κ2) is 8.67. The van der Waals surface area contributed by atoms with Gasteiger partial charge in [-0.3, -0.25) is 14.6 Å². The highest BCUT2D eigenvalue weighted by atomic mass is 32.1. The summed E-state index contributed by atoms with van der Waals surface area (Å²) in [5.74, 6) is -0.164. The van der Waals surface area contributed by atoms with Gasteiger partial charge in [0.1, 0.15) is 5.01 Å². The first-order chi connectivity index (χ1) is 13.8. The average molecular weight is 412 g/mol. The molecule has 0 bridgehead atoms. The van der Waals surface area contributed by atoms with Crippen LogP contribution in [0.25, 0.3) is 21.8 Å². The summed E-state index contributed by atoms with van der Waals surface area (Å²) in [6, 6.07) is 5.46. The second-order valence-corrected chi connectivity index (χ2v) is 8.54. The smallest absolute Gasteiger partial charge is 0.257 e. The maximum absolute atomic E-state index is 12.6. The molecular formula is C21H25N5O2S. The molecule has 0 saturated heterocycles. The van der Waals surface area contributed by atoms with Crippen molar-refractivity contribution in [2.45, 2.75) is 39.7 Å². The lowest BCUT2D eigenvalue weighted by atomic mass is 10.1. The van der Waals surface area contributed by atoms with Gasteiger partial charge in [0.2, 0.25) is 5.91 Å². The van der Waals surface area contributed by atoms with Gasteiger partial charge in [0, 0.05) is 34.6 Å². The van der Waals surface area contributed by atoms with E-state index in [0.717, 1.165) is 10.6 Å². The van der Waals surface area contributed by atoms with Crippen molar-refractivity contribution in [1.82, 2.24) is 20.3 Å². The number of amides is 1. The first-order valence-corrected chi connectivity index (χ1v) is 10.3. The van der Waals surface area contributed by atoms with Gasteiger partial charge in [-0.25, -0.2) is 4.98 Å². The van der Waals surface area contributed by atoms with E-state index in [1.54, 1.807) is 18.5 Å². The lowest BCUT2D eigenvalue weighted by molar-refractivity contribution is -0.115. The third kappa shape index (κ3) is 5.36. The Morgan fingerprint density at radius 3 is 2.62 bits per heavy atom. The molecule has 3 aromatic rings. The number of rotatable bonds is 6. The summed E-state index contributed by atoms with van der Waals surface area (Å²) in [6.45, 7) is 8.11. The van der Waals surface area contributed by atoms with Crippen LogP contribution < -0.4 is 16.2 Å². The van der Waals surface area contributed by atoms with Gasteiger partial charge >= 0.3 is 0 Å². The lowest BCUT2D eigenvalue weighted by Gasteiger charge is -2.20. The highest BCUT2D eigenvalue weighted by molar-refractivity contribution is 7.13. The fraction of sp³-hybridized carbons (Fsp3) is 0.333. The molecule has 3 aromatic heterocycles. The number of nitrogens with one attached hydrogen (secondary N) is 3. The third-order valence-electron chi connectivity index (χ3n) is 4.24. The number of thiazole rings is 1. The van der Waals surface area contributed by atoms with Gasteiger partial charge in [0.25, 0.3) is 5.56 Å². The molecule has 29 heavy (non-hydrogen) atoms. The molecule has 0 aromatic carbocycles. The molecule has 3 rings (SSSR count). The number of aromatic amines is 1. The van der Waals surface area contributed by atoms with Crippen molar-refractivity contribution in [1.29, 1.82) is 0 Å². The summed E-state index contributed by atoms with van der Waals surface area (Å²) < 4.78 is 0. The van der Waals surface area contributed by atoms with Crippen molar-refractivity contribution >= 4 is 22.9 Å². The van der Waals surface area contributed by atoms with E-state index in [9.17, 15) is 9.59 Å². The van der Waals surface area contributed by atoms with E-state index in [2.05, 4.69) is 25.6 Å². The van der Waals surface area contributed by atoms with Crippen LogP contribution in [0.2, 0.25) is 0 Å². The Morgan fingerprint density at radius 2 is 1.97 bits per heavy atom. The number of anilines is 1. The lowest BCUT2D eigenvalue weighted by Crippen LogP contribution is -2.41. The summed E-state index contributed by atoms with van der Waals surface area (Å²) in [7, 11) is 0. The normalized spacial score (nSPS) is 11.4. The minimum Gasteiger partial charge on any atom is -0.324 e. The maximum Gasteiger partial charge on any atom is 0.257 e. The Morgan fingerprint density at radius 1 is 1.24 bits per heavy atom. The number of hydrogen-bond donors (Lipinski definition) is 3. The van der Waals surface area contributed by atoms with Crippen LogP contribution in [0.4, 0.5) is 5.69 Å². The molecule has 3 heterocycles. The number of carbonyl (C=O) groups is 1. The van der Waals surface area contributed by atoms with Crippen LogP contribution in [0.5, 0.6) is 0 Å². The zero-order valence-electron chi connectivity index (χ0n) is 17.0. The second-order valence-electron chi connectivity index (χ2n) is 7.68. The minimum atomic E-state index is -0.223. The standard InChI is InChI=1S/C21H25N5O2S/c1-5-15-16(24-18(27)11-23-21(2,3)4)10-14(19(28)25-15)17-12-29-20(26-17)13-6-8-22-9-7-13/h6-10,12,23H,5,11H2,1-4H3,(H,24,27)(H,25,28). The molecule has 8 heteroatoms. The summed E-state index contributed by atoms with van der Waals surface area (Å²) in [6.07, 6.45) is 4.01. The fourth-order valence-electron chi connectivity index (χ4n) is 2.71. The molecule has 0 spiro atoms. The predicted molar refractivity (Wildman–Crippen MR) is 117 cm³/mol. The van der Waals surface area contributed by atoms with Crippen LogP contribution >= 0.6 is 11.3 Å². The number of nitrogens with zero attached hydrogens (tertiary/aromatic N) is 2. The van der Waals surface area contributed by atoms with Crippen LogP contribution in [-0.4, -0.2) is 32.9 Å². The Labute approximate surface area is 173 Å². The van der Waals surface area contributed by atoms with E-state index in [0.29, 0.717) is 29.1 Å². The maximum atomic E-state index is 12.6. The molecule has 7 nitrogen and oxygen atoms in total. The summed E-state index contributed by atoms with van der Waals surface area (Å²) >= 11 is 1.46. The van der Waals surface area contributed by atoms with Gasteiger partial charge < -0.3 is 15.6 Å². The van der Waals surface area contributed by atoms with Crippen LogP contribution in [0, 0.1) is 0 Å². The molecule has 0 radical (unpaired) electrons. The summed E-state index contributed by atoms with van der Waals surface area (Å²) in [5, 5.41) is 8.72. The van der Waals surface area contributed by atoms with Gasteiger partial charge in [-0.1, -0.05) is 6.92 Å². The third-order valence-corrected chi connectivity index (χ3v) is 5.13. The fourth-order valence-corrected chi connectivity index (χ4v) is 3.54. The summed E-state index contributed by atoms with van der Waals surface area (Å²) in [5.41, 5.74) is 2.85. The van der Waals surface area contributed by atoms with Gasteiger partial charge in [0.05, 0.1) is 23.5 Å². The topological polar surface area (TPSA) is 99.8 Å². The van der Waals surface area contributed by atoms with Crippen molar-refractivity contribution in [2.24, 2.45) is 0 Å². The molecule has 1 amide bonds. The van der Waals surface area contributed by atoms with E-state index >= 15 is 0 Å². The van der Waals surface area contributed by atoms with E-state index in [1.807, 2.05) is 45.2 Å². The van der Waals surface area contributed by atoms with Crippen molar-refractivity contribution in [3.8, 4) is 21.8 Å². The first-order valence-electron chi connectivity index (χ1n) is 9.44. The van der Waals surface area contributed by atoms with Crippen molar-refractivity contribution in [3.05, 3.63) is 52.0 Å². The number of carbonyl (C=O) groups excluding carboxylic acids is 1. The first kappa shape index (κ1) is 20.9. The highest BCUT2D eigenvalue weighted by Gasteiger charge is 2.16. The average Bonchev–Trinajstić information content (AvgIpc) is 3.17. The Hall–Kier alpha value is -2.84. The SMILES string of the molecule is CCc1[nH]c(=O)c(-c2csc(-c3ccncc3)n2)cc1NC(=O)CNC(C)(C)C. The minimum absolute atomic E-state index is 0.162. The quantitative estimate of drug-likeness (QED) is 0.577. The van der Waals surface area contributed by atoms with Gasteiger partial charge in [-0.2, -0.15) is 0 Å². The molecule has 0 aliphatic carbocycles. The van der Waals surface area contributed by atoms with Crippen molar-refractivity contribution in [2.75, 3.05) is 11.9 Å². The number of pyridine rings is 2. The van der Waals surface area contributed by atoms with Gasteiger partial charge in [0.15, 0.2) is 0 Å². The molecule has 0 saturated carbocycles.